The molecule has 0 saturated heterocycles. The first-order valence-corrected chi connectivity index (χ1v) is 10.3. The maximum absolute atomic E-state index is 12.1. The van der Waals surface area contributed by atoms with E-state index in [4.69, 9.17) is 0 Å². The van der Waals surface area contributed by atoms with Crippen molar-refractivity contribution in [1.29, 1.82) is 0 Å². The molecule has 0 radical (unpaired) electrons. The van der Waals surface area contributed by atoms with Crippen LogP contribution in [0.3, 0.4) is 0 Å². The van der Waals surface area contributed by atoms with Gasteiger partial charge in [0.25, 0.3) is 5.91 Å². The van der Waals surface area contributed by atoms with Crippen molar-refractivity contribution in [3.63, 3.8) is 0 Å². The van der Waals surface area contributed by atoms with E-state index in [0.717, 1.165) is 21.3 Å². The van der Waals surface area contributed by atoms with Gasteiger partial charge in [0.2, 0.25) is 5.91 Å². The average molecular weight is 462 g/mol. The second-order valence-electron chi connectivity index (χ2n) is 6.32. The van der Waals surface area contributed by atoms with Gasteiger partial charge in [0, 0.05) is 30.1 Å². The summed E-state index contributed by atoms with van der Waals surface area (Å²) < 4.78 is 4.42. The molecule has 0 aliphatic rings. The smallest absolute Gasteiger partial charge is 0.286 e. The number of aryl methyl sites for hydroxylation is 3. The molecule has 2 N–H and O–H groups in total. The zero-order valence-corrected chi connectivity index (χ0v) is 18.1. The minimum absolute atomic E-state index is 0.124. The second-order valence-corrected chi connectivity index (χ2v) is 8.17. The molecule has 0 unspecified atom stereocenters. The zero-order valence-electron chi connectivity index (χ0n) is 15.7. The van der Waals surface area contributed by atoms with Crippen molar-refractivity contribution in [1.82, 2.24) is 25.0 Å². The quantitative estimate of drug-likeness (QED) is 0.451. The van der Waals surface area contributed by atoms with Gasteiger partial charge in [0.05, 0.1) is 11.4 Å². The fourth-order valence-electron chi connectivity index (χ4n) is 2.67. The van der Waals surface area contributed by atoms with E-state index in [1.54, 1.807) is 30.1 Å². The van der Waals surface area contributed by atoms with Gasteiger partial charge in [-0.05, 0) is 53.0 Å². The number of carbonyl (C=O) groups is 2. The van der Waals surface area contributed by atoms with Gasteiger partial charge >= 0.3 is 0 Å². The highest BCUT2D eigenvalue weighted by Gasteiger charge is 2.14. The molecule has 146 valence electrons. The summed E-state index contributed by atoms with van der Waals surface area (Å²) in [5.74, 6) is -0.579. The van der Waals surface area contributed by atoms with Crippen LogP contribution in [0.5, 0.6) is 0 Å². The van der Waals surface area contributed by atoms with Crippen molar-refractivity contribution >= 4 is 39.5 Å². The number of nitrogens with zero attached hydrogens (tertiary/aromatic N) is 3. The zero-order chi connectivity index (χ0) is 20.3. The molecule has 2 amide bonds. The fraction of sp³-hybridized carbons (Fsp3) is 0.211. The summed E-state index contributed by atoms with van der Waals surface area (Å²) in [4.78, 5) is 28.6. The predicted octanol–water partition coefficient (Wildman–Crippen LogP) is 3.14. The minimum Gasteiger partial charge on any atom is -0.345 e. The van der Waals surface area contributed by atoms with Gasteiger partial charge in [0.1, 0.15) is 5.69 Å². The number of thioether (sulfide) groups is 1. The molecule has 2 aromatic heterocycles. The molecule has 0 aliphatic heterocycles. The van der Waals surface area contributed by atoms with E-state index in [-0.39, 0.29) is 17.6 Å². The third-order valence-corrected chi connectivity index (χ3v) is 5.48. The Kier molecular flexibility index (Phi) is 6.25. The van der Waals surface area contributed by atoms with Crippen LogP contribution in [-0.4, -0.2) is 31.7 Å². The number of carbonyl (C=O) groups excluding carboxylic acids is 2. The summed E-state index contributed by atoms with van der Waals surface area (Å²) in [5.41, 5.74) is 8.60. The predicted molar refractivity (Wildman–Crippen MR) is 112 cm³/mol. The highest BCUT2D eigenvalue weighted by molar-refractivity contribution is 9.10. The average Bonchev–Trinajstić information content (AvgIpc) is 3.25. The Hall–Kier alpha value is -2.52. The molecule has 2 heterocycles. The summed E-state index contributed by atoms with van der Waals surface area (Å²) in [6.45, 7) is 4.07. The Morgan fingerprint density at radius 2 is 2.00 bits per heavy atom. The maximum Gasteiger partial charge on any atom is 0.286 e. The molecule has 7 nitrogen and oxygen atoms in total. The van der Waals surface area contributed by atoms with Crippen LogP contribution in [0.15, 0.2) is 52.5 Å². The van der Waals surface area contributed by atoms with E-state index in [1.807, 2.05) is 24.6 Å². The highest BCUT2D eigenvalue weighted by Crippen LogP contribution is 2.23. The van der Waals surface area contributed by atoms with Crippen LogP contribution >= 0.6 is 27.7 Å². The van der Waals surface area contributed by atoms with Crippen molar-refractivity contribution in [3.8, 4) is 5.69 Å². The number of rotatable bonds is 5. The third kappa shape index (κ3) is 4.66. The van der Waals surface area contributed by atoms with Crippen LogP contribution in [0.4, 0.5) is 0 Å². The summed E-state index contributed by atoms with van der Waals surface area (Å²) in [5, 5.41) is 0.710. The molecule has 3 rings (SSSR count). The number of amides is 2. The van der Waals surface area contributed by atoms with Crippen LogP contribution in [0.1, 0.15) is 21.6 Å². The third-order valence-electron chi connectivity index (χ3n) is 4.08. The molecule has 0 fully saturated rings. The van der Waals surface area contributed by atoms with Gasteiger partial charge in [-0.1, -0.05) is 23.9 Å². The number of benzene rings is 1. The summed E-state index contributed by atoms with van der Waals surface area (Å²) in [6.07, 6.45) is 5.34. The Morgan fingerprint density at radius 1 is 1.21 bits per heavy atom. The first-order chi connectivity index (χ1) is 13.3. The van der Waals surface area contributed by atoms with E-state index < -0.39 is 0 Å². The lowest BCUT2D eigenvalue weighted by Gasteiger charge is -2.12. The molecule has 9 heteroatoms. The monoisotopic (exact) mass is 461 g/mol. The van der Waals surface area contributed by atoms with E-state index in [9.17, 15) is 9.59 Å². The van der Waals surface area contributed by atoms with Gasteiger partial charge in [-0.15, -0.1) is 0 Å². The molecule has 1 aromatic carbocycles. The van der Waals surface area contributed by atoms with Crippen LogP contribution in [0.2, 0.25) is 0 Å². The van der Waals surface area contributed by atoms with Gasteiger partial charge in [-0.2, -0.15) is 0 Å². The molecular formula is C19H20BrN5O2S. The van der Waals surface area contributed by atoms with E-state index >= 15 is 0 Å². The van der Waals surface area contributed by atoms with Gasteiger partial charge in [-0.25, -0.2) is 4.98 Å². The second kappa shape index (κ2) is 8.66. The summed E-state index contributed by atoms with van der Waals surface area (Å²) in [6, 6.07) is 7.88. The molecule has 3 aromatic rings. The first-order valence-electron chi connectivity index (χ1n) is 8.50. The maximum atomic E-state index is 12.1. The molecule has 0 aliphatic carbocycles. The number of aromatic nitrogens is 3. The Morgan fingerprint density at radius 3 is 2.71 bits per heavy atom. The lowest BCUT2D eigenvalue weighted by Crippen LogP contribution is -2.43. The summed E-state index contributed by atoms with van der Waals surface area (Å²) in [7, 11) is 1.75. The molecule has 0 bridgehead atoms. The van der Waals surface area contributed by atoms with Crippen LogP contribution in [-0.2, 0) is 11.8 Å². The minimum atomic E-state index is -0.386. The SMILES string of the molecule is Cc1ccc(C)c(-n2ccnc2SCC(=O)NNC(=O)c2cc(Br)cn2C)c1. The number of halogens is 1. The Labute approximate surface area is 175 Å². The van der Waals surface area contributed by atoms with Crippen LogP contribution < -0.4 is 10.9 Å². The lowest BCUT2D eigenvalue weighted by molar-refractivity contribution is -0.119. The van der Waals surface area contributed by atoms with Crippen molar-refractivity contribution in [2.75, 3.05) is 5.75 Å². The molecule has 0 saturated carbocycles. The van der Waals surface area contributed by atoms with Gasteiger partial charge in [-0.3, -0.25) is 25.0 Å². The summed E-state index contributed by atoms with van der Waals surface area (Å²) >= 11 is 4.61. The standard InChI is InChI=1S/C19H20BrN5O2S/c1-12-4-5-13(2)15(8-12)25-7-6-21-19(25)28-11-17(26)22-23-18(27)16-9-14(20)10-24(16)3/h4-10H,11H2,1-3H3,(H,22,26)(H,23,27). The van der Waals surface area contributed by atoms with Crippen LogP contribution in [0.25, 0.3) is 5.69 Å². The first kappa shape index (κ1) is 20.2. The van der Waals surface area contributed by atoms with Crippen molar-refractivity contribution < 1.29 is 9.59 Å². The highest BCUT2D eigenvalue weighted by atomic mass is 79.9. The normalized spacial score (nSPS) is 10.7. The largest absolute Gasteiger partial charge is 0.345 e. The molecule has 0 atom stereocenters. The number of hydrogen-bond donors (Lipinski definition) is 2. The molecule has 0 spiro atoms. The van der Waals surface area contributed by atoms with Gasteiger partial charge < -0.3 is 4.57 Å². The number of nitrogens with one attached hydrogen (secondary N) is 2. The van der Waals surface area contributed by atoms with Crippen molar-refractivity contribution in [3.05, 3.63) is 64.1 Å². The topological polar surface area (TPSA) is 81.0 Å². The Balaban J connectivity index is 1.59. The van der Waals surface area contributed by atoms with Gasteiger partial charge in [0.15, 0.2) is 5.16 Å². The number of hydrogen-bond acceptors (Lipinski definition) is 4. The fourth-order valence-corrected chi connectivity index (χ4v) is 3.96. The van der Waals surface area contributed by atoms with Crippen molar-refractivity contribution in [2.24, 2.45) is 7.05 Å². The van der Waals surface area contributed by atoms with Crippen molar-refractivity contribution in [2.45, 2.75) is 19.0 Å². The van der Waals surface area contributed by atoms with E-state index in [0.29, 0.717) is 10.9 Å². The van der Waals surface area contributed by atoms with Crippen LogP contribution in [0, 0.1) is 13.8 Å². The number of imidazole rings is 1. The number of hydrazine groups is 1. The molecule has 28 heavy (non-hydrogen) atoms. The lowest BCUT2D eigenvalue weighted by atomic mass is 10.1. The Bertz CT molecular complexity index is 1030. The van der Waals surface area contributed by atoms with E-state index in [1.165, 1.54) is 11.8 Å². The molecular weight excluding hydrogens is 442 g/mol. The van der Waals surface area contributed by atoms with E-state index in [2.05, 4.69) is 50.0 Å².